The van der Waals surface area contributed by atoms with Crippen molar-refractivity contribution in [2.75, 3.05) is 0 Å². The molecule has 0 saturated heterocycles. The molecule has 9 nitrogen and oxygen atoms in total. The molecule has 2 amide bonds. The van der Waals surface area contributed by atoms with Gasteiger partial charge in [-0.3, -0.25) is 30.0 Å². The zero-order valence-corrected chi connectivity index (χ0v) is 15.4. The van der Waals surface area contributed by atoms with Crippen LogP contribution in [-0.4, -0.2) is 26.3 Å². The number of nitrogens with zero attached hydrogens (tertiary/aromatic N) is 1. The van der Waals surface area contributed by atoms with Crippen LogP contribution in [0.15, 0.2) is 58.3 Å². The van der Waals surface area contributed by atoms with Gasteiger partial charge in [0.15, 0.2) is 0 Å². The van der Waals surface area contributed by atoms with Crippen molar-refractivity contribution < 1.29 is 9.59 Å². The number of benzene rings is 2. The minimum atomic E-state index is -0.760. The standard InChI is InChI=1S/C20H17N5O4/c1-2-25-16-8-7-11(9-15(16)22-19(28)20(25)29)17(26)23-24-18(27)13-10-21-14-6-4-3-5-12(13)14/h3-10,21H,2H2,1H3,(H,22,28)(H,23,26)(H,24,27). The Hall–Kier alpha value is -4.14. The molecule has 146 valence electrons. The molecule has 0 aliphatic rings. The lowest BCUT2D eigenvalue weighted by atomic mass is 10.1. The van der Waals surface area contributed by atoms with Gasteiger partial charge in [0.2, 0.25) is 0 Å². The zero-order chi connectivity index (χ0) is 20.5. The van der Waals surface area contributed by atoms with Crippen LogP contribution in [0.3, 0.4) is 0 Å². The summed E-state index contributed by atoms with van der Waals surface area (Å²) in [7, 11) is 0. The number of hydrazine groups is 1. The van der Waals surface area contributed by atoms with Crippen molar-refractivity contribution in [3.05, 3.63) is 80.5 Å². The van der Waals surface area contributed by atoms with E-state index in [1.165, 1.54) is 16.7 Å². The highest BCUT2D eigenvalue weighted by molar-refractivity contribution is 6.07. The third kappa shape index (κ3) is 3.18. The van der Waals surface area contributed by atoms with E-state index in [1.54, 1.807) is 25.3 Å². The van der Waals surface area contributed by atoms with Crippen LogP contribution in [0.25, 0.3) is 21.9 Å². The van der Waals surface area contributed by atoms with Crippen LogP contribution >= 0.6 is 0 Å². The molecule has 2 heterocycles. The van der Waals surface area contributed by atoms with E-state index in [4.69, 9.17) is 0 Å². The summed E-state index contributed by atoms with van der Waals surface area (Å²) in [4.78, 5) is 54.0. The number of nitrogens with one attached hydrogen (secondary N) is 4. The first-order valence-electron chi connectivity index (χ1n) is 8.93. The van der Waals surface area contributed by atoms with Gasteiger partial charge in [0.25, 0.3) is 11.8 Å². The van der Waals surface area contributed by atoms with Crippen molar-refractivity contribution in [3.63, 3.8) is 0 Å². The van der Waals surface area contributed by atoms with Crippen LogP contribution in [-0.2, 0) is 6.54 Å². The maximum Gasteiger partial charge on any atom is 0.316 e. The second kappa shape index (κ2) is 7.12. The summed E-state index contributed by atoms with van der Waals surface area (Å²) >= 11 is 0. The predicted molar refractivity (Wildman–Crippen MR) is 108 cm³/mol. The lowest BCUT2D eigenvalue weighted by Crippen LogP contribution is -2.41. The maximum absolute atomic E-state index is 12.4. The van der Waals surface area contributed by atoms with Gasteiger partial charge in [0.05, 0.1) is 16.6 Å². The normalized spacial score (nSPS) is 10.9. The Bertz CT molecular complexity index is 1380. The topological polar surface area (TPSA) is 129 Å². The predicted octanol–water partition coefficient (Wildman–Crippen LogP) is 1.27. The second-order valence-electron chi connectivity index (χ2n) is 6.39. The highest BCUT2D eigenvalue weighted by Gasteiger charge is 2.14. The summed E-state index contributed by atoms with van der Waals surface area (Å²) in [5.41, 5.74) is 5.62. The van der Waals surface area contributed by atoms with Crippen LogP contribution < -0.4 is 22.0 Å². The van der Waals surface area contributed by atoms with Gasteiger partial charge in [-0.1, -0.05) is 18.2 Å². The molecule has 0 atom stereocenters. The Kier molecular flexibility index (Phi) is 4.47. The summed E-state index contributed by atoms with van der Waals surface area (Å²) < 4.78 is 1.33. The molecule has 2 aromatic heterocycles. The molecule has 0 aliphatic heterocycles. The molecule has 2 aromatic carbocycles. The molecule has 0 radical (unpaired) electrons. The zero-order valence-electron chi connectivity index (χ0n) is 15.4. The average molecular weight is 391 g/mol. The fourth-order valence-corrected chi connectivity index (χ4v) is 3.25. The summed E-state index contributed by atoms with van der Waals surface area (Å²) in [6.45, 7) is 2.08. The smallest absolute Gasteiger partial charge is 0.316 e. The molecular formula is C20H17N5O4. The van der Waals surface area contributed by atoms with E-state index in [2.05, 4.69) is 20.8 Å². The highest BCUT2D eigenvalue weighted by Crippen LogP contribution is 2.17. The van der Waals surface area contributed by atoms with Crippen molar-refractivity contribution in [2.45, 2.75) is 13.5 Å². The molecule has 29 heavy (non-hydrogen) atoms. The van der Waals surface area contributed by atoms with Crippen LogP contribution in [0, 0.1) is 0 Å². The lowest BCUT2D eigenvalue weighted by molar-refractivity contribution is 0.0847. The molecule has 0 bridgehead atoms. The molecule has 0 aliphatic carbocycles. The summed E-state index contributed by atoms with van der Waals surface area (Å²) in [5, 5.41) is 0.736. The molecule has 0 spiro atoms. The van der Waals surface area contributed by atoms with Crippen molar-refractivity contribution in [2.24, 2.45) is 0 Å². The van der Waals surface area contributed by atoms with E-state index in [1.807, 2.05) is 18.2 Å². The number of aromatic nitrogens is 3. The van der Waals surface area contributed by atoms with Crippen molar-refractivity contribution >= 4 is 33.8 Å². The monoisotopic (exact) mass is 391 g/mol. The molecule has 4 N–H and O–H groups in total. The first kappa shape index (κ1) is 18.2. The quantitative estimate of drug-likeness (QED) is 0.310. The highest BCUT2D eigenvalue weighted by atomic mass is 16.2. The Balaban J connectivity index is 1.56. The Morgan fingerprint density at radius 3 is 2.55 bits per heavy atom. The van der Waals surface area contributed by atoms with Gasteiger partial charge in [0, 0.05) is 29.2 Å². The van der Waals surface area contributed by atoms with Gasteiger partial charge in [-0.25, -0.2) is 0 Å². The average Bonchev–Trinajstić information content (AvgIpc) is 3.16. The number of hydrogen-bond acceptors (Lipinski definition) is 4. The molecule has 4 aromatic rings. The summed E-state index contributed by atoms with van der Waals surface area (Å²) in [5.74, 6) is -1.03. The number of para-hydroxylation sites is 1. The molecule has 9 heteroatoms. The van der Waals surface area contributed by atoms with Crippen molar-refractivity contribution in [1.29, 1.82) is 0 Å². The minimum Gasteiger partial charge on any atom is -0.360 e. The molecule has 0 fully saturated rings. The van der Waals surface area contributed by atoms with Crippen LogP contribution in [0.4, 0.5) is 0 Å². The van der Waals surface area contributed by atoms with Gasteiger partial charge < -0.3 is 14.5 Å². The van der Waals surface area contributed by atoms with Crippen LogP contribution in [0.5, 0.6) is 0 Å². The van der Waals surface area contributed by atoms with E-state index in [0.29, 0.717) is 23.1 Å². The SMILES string of the molecule is CCn1c(=O)c(=O)[nH]c2cc(C(=O)NNC(=O)c3c[nH]c4ccccc34)ccc21. The molecular weight excluding hydrogens is 374 g/mol. The molecule has 4 rings (SSSR count). The fraction of sp³-hybridized carbons (Fsp3) is 0.100. The number of fused-ring (bicyclic) bond motifs is 2. The number of H-pyrrole nitrogens is 2. The van der Waals surface area contributed by atoms with E-state index in [0.717, 1.165) is 10.9 Å². The van der Waals surface area contributed by atoms with E-state index in [9.17, 15) is 19.2 Å². The van der Waals surface area contributed by atoms with Gasteiger partial charge in [0.1, 0.15) is 0 Å². The maximum atomic E-state index is 12.4. The molecule has 0 saturated carbocycles. The van der Waals surface area contributed by atoms with Crippen molar-refractivity contribution in [3.8, 4) is 0 Å². The minimum absolute atomic E-state index is 0.216. The summed E-state index contributed by atoms with van der Waals surface area (Å²) in [6, 6.07) is 11.9. The van der Waals surface area contributed by atoms with E-state index < -0.39 is 22.9 Å². The van der Waals surface area contributed by atoms with Crippen molar-refractivity contribution in [1.82, 2.24) is 25.4 Å². The number of carbonyl (C=O) groups excluding carboxylic acids is 2. The first-order valence-corrected chi connectivity index (χ1v) is 8.93. The van der Waals surface area contributed by atoms with Gasteiger partial charge in [-0.2, -0.15) is 0 Å². The van der Waals surface area contributed by atoms with Gasteiger partial charge in [-0.05, 0) is 31.2 Å². The molecule has 0 unspecified atom stereocenters. The first-order chi connectivity index (χ1) is 14.0. The second-order valence-corrected chi connectivity index (χ2v) is 6.39. The fourth-order valence-electron chi connectivity index (χ4n) is 3.25. The Morgan fingerprint density at radius 1 is 1.00 bits per heavy atom. The van der Waals surface area contributed by atoms with Crippen LogP contribution in [0.1, 0.15) is 27.6 Å². The lowest BCUT2D eigenvalue weighted by Gasteiger charge is -2.10. The number of amides is 2. The van der Waals surface area contributed by atoms with E-state index in [-0.39, 0.29) is 5.56 Å². The number of aromatic amines is 2. The van der Waals surface area contributed by atoms with Gasteiger partial charge >= 0.3 is 11.1 Å². The number of rotatable bonds is 3. The third-order valence-electron chi connectivity index (χ3n) is 4.68. The Labute approximate surface area is 163 Å². The van der Waals surface area contributed by atoms with Crippen LogP contribution in [0.2, 0.25) is 0 Å². The number of hydrogen-bond donors (Lipinski definition) is 4. The Morgan fingerprint density at radius 2 is 1.76 bits per heavy atom. The number of aryl methyl sites for hydroxylation is 1. The number of carbonyl (C=O) groups is 2. The third-order valence-corrected chi connectivity index (χ3v) is 4.68. The largest absolute Gasteiger partial charge is 0.360 e. The summed E-state index contributed by atoms with van der Waals surface area (Å²) in [6.07, 6.45) is 1.57. The van der Waals surface area contributed by atoms with Gasteiger partial charge in [-0.15, -0.1) is 0 Å². The van der Waals surface area contributed by atoms with E-state index >= 15 is 0 Å².